The van der Waals surface area contributed by atoms with Gasteiger partial charge in [0, 0.05) is 37.5 Å². The molecule has 0 aliphatic heterocycles. The van der Waals surface area contributed by atoms with Crippen LogP contribution in [0.25, 0.3) is 0 Å². The summed E-state index contributed by atoms with van der Waals surface area (Å²) in [6, 6.07) is 4.16. The fourth-order valence-corrected chi connectivity index (χ4v) is 3.24. The second kappa shape index (κ2) is 12.7. The Kier molecular flexibility index (Phi) is 12.5. The van der Waals surface area contributed by atoms with Gasteiger partial charge in [0.15, 0.2) is 5.96 Å². The van der Waals surface area contributed by atoms with Crippen LogP contribution in [0.3, 0.4) is 0 Å². The maximum atomic E-state index is 11.6. The van der Waals surface area contributed by atoms with Crippen LogP contribution < -0.4 is 16.0 Å². The molecule has 0 spiro atoms. The Balaban J connectivity index is 0.00000576. The van der Waals surface area contributed by atoms with Crippen molar-refractivity contribution in [2.45, 2.75) is 39.7 Å². The molecular formula is C16H28BrIN4O2S. The Labute approximate surface area is 179 Å². The minimum Gasteiger partial charge on any atom is -0.444 e. The summed E-state index contributed by atoms with van der Waals surface area (Å²) in [5.41, 5.74) is -0.481. The van der Waals surface area contributed by atoms with E-state index in [1.165, 1.54) is 4.88 Å². The highest BCUT2D eigenvalue weighted by Gasteiger charge is 2.15. The van der Waals surface area contributed by atoms with Crippen molar-refractivity contribution in [1.82, 2.24) is 16.0 Å². The first-order valence-electron chi connectivity index (χ1n) is 8.03. The van der Waals surface area contributed by atoms with E-state index < -0.39 is 11.7 Å². The molecule has 25 heavy (non-hydrogen) atoms. The molecule has 3 N–H and O–H groups in total. The molecule has 1 aromatic heterocycles. The molecule has 1 amide bonds. The van der Waals surface area contributed by atoms with Crippen LogP contribution in [0.1, 0.15) is 32.6 Å². The third-order valence-electron chi connectivity index (χ3n) is 2.69. The fourth-order valence-electron chi connectivity index (χ4n) is 1.77. The molecule has 0 atom stereocenters. The molecule has 1 aromatic rings. The lowest BCUT2D eigenvalue weighted by Gasteiger charge is -2.19. The quantitative estimate of drug-likeness (QED) is 0.211. The topological polar surface area (TPSA) is 74.8 Å². The first kappa shape index (κ1) is 24.5. The molecule has 0 aromatic carbocycles. The number of alkyl carbamates (subject to hydrolysis) is 1. The number of carbonyl (C=O) groups is 1. The first-order valence-corrected chi connectivity index (χ1v) is 9.64. The summed E-state index contributed by atoms with van der Waals surface area (Å²) < 4.78 is 6.32. The van der Waals surface area contributed by atoms with Crippen LogP contribution in [0.4, 0.5) is 4.79 Å². The molecule has 0 aliphatic carbocycles. The summed E-state index contributed by atoms with van der Waals surface area (Å²) in [7, 11) is 0. The van der Waals surface area contributed by atoms with Crippen LogP contribution >= 0.6 is 51.2 Å². The smallest absolute Gasteiger partial charge is 0.407 e. The van der Waals surface area contributed by atoms with Gasteiger partial charge >= 0.3 is 6.09 Å². The summed E-state index contributed by atoms with van der Waals surface area (Å²) in [5.74, 6) is 0.749. The maximum Gasteiger partial charge on any atom is 0.407 e. The van der Waals surface area contributed by atoms with E-state index in [1.54, 1.807) is 11.3 Å². The van der Waals surface area contributed by atoms with Gasteiger partial charge in [0.25, 0.3) is 0 Å². The highest BCUT2D eigenvalue weighted by molar-refractivity contribution is 14.0. The normalized spacial score (nSPS) is 11.5. The number of hydrogen-bond acceptors (Lipinski definition) is 4. The molecule has 9 heteroatoms. The Morgan fingerprint density at radius 3 is 2.48 bits per heavy atom. The lowest BCUT2D eigenvalue weighted by atomic mass is 10.2. The summed E-state index contributed by atoms with van der Waals surface area (Å²) in [6.45, 7) is 10.1. The number of thiophene rings is 1. The van der Waals surface area contributed by atoms with Gasteiger partial charge in [-0.05, 0) is 55.8 Å². The molecule has 144 valence electrons. The van der Waals surface area contributed by atoms with Gasteiger partial charge < -0.3 is 20.7 Å². The molecule has 0 saturated carbocycles. The first-order chi connectivity index (χ1) is 11.3. The molecule has 1 rings (SSSR count). The minimum atomic E-state index is -0.481. The third-order valence-corrected chi connectivity index (χ3v) is 4.37. The number of aliphatic imine (C=N–C) groups is 1. The van der Waals surface area contributed by atoms with Gasteiger partial charge in [-0.3, -0.25) is 4.99 Å². The number of guanidine groups is 1. The standard InChI is InChI=1S/C16H27BrN4O2S.HI/c1-5-18-14(19-9-8-12-6-7-13(17)24-12)20-10-11-21-15(22)23-16(2,3)4;/h6-7H,5,8-11H2,1-4H3,(H,21,22)(H2,18,19,20);1H. The van der Waals surface area contributed by atoms with Crippen molar-refractivity contribution in [2.75, 3.05) is 26.2 Å². The second-order valence-corrected chi connectivity index (χ2v) is 8.62. The number of rotatable bonds is 7. The molecule has 0 saturated heterocycles. The molecule has 0 unspecified atom stereocenters. The van der Waals surface area contributed by atoms with Crippen molar-refractivity contribution >= 4 is 63.3 Å². The molecule has 0 bridgehead atoms. The van der Waals surface area contributed by atoms with E-state index in [-0.39, 0.29) is 24.0 Å². The van der Waals surface area contributed by atoms with E-state index in [4.69, 9.17) is 4.74 Å². The van der Waals surface area contributed by atoms with Crippen molar-refractivity contribution < 1.29 is 9.53 Å². The molecule has 0 fully saturated rings. The van der Waals surface area contributed by atoms with Crippen molar-refractivity contribution in [3.8, 4) is 0 Å². The number of halogens is 2. The van der Waals surface area contributed by atoms with E-state index in [9.17, 15) is 4.79 Å². The van der Waals surface area contributed by atoms with Crippen LogP contribution in [0, 0.1) is 0 Å². The Hall–Kier alpha value is -0.550. The Morgan fingerprint density at radius 2 is 1.92 bits per heavy atom. The second-order valence-electron chi connectivity index (χ2n) is 6.07. The highest BCUT2D eigenvalue weighted by Crippen LogP contribution is 2.22. The van der Waals surface area contributed by atoms with E-state index in [0.29, 0.717) is 19.6 Å². The van der Waals surface area contributed by atoms with E-state index in [1.807, 2.05) is 27.7 Å². The van der Waals surface area contributed by atoms with Gasteiger partial charge in [-0.2, -0.15) is 0 Å². The fraction of sp³-hybridized carbons (Fsp3) is 0.625. The van der Waals surface area contributed by atoms with Gasteiger partial charge in [0.2, 0.25) is 0 Å². The number of hydrogen-bond donors (Lipinski definition) is 3. The van der Waals surface area contributed by atoms with Crippen molar-refractivity contribution in [3.63, 3.8) is 0 Å². The van der Waals surface area contributed by atoms with E-state index in [2.05, 4.69) is 49.0 Å². The third kappa shape index (κ3) is 12.4. The minimum absolute atomic E-state index is 0. The van der Waals surface area contributed by atoms with Gasteiger partial charge in [0.1, 0.15) is 5.60 Å². The highest BCUT2D eigenvalue weighted by atomic mass is 127. The summed E-state index contributed by atoms with van der Waals surface area (Å²) in [4.78, 5) is 17.4. The lowest BCUT2D eigenvalue weighted by molar-refractivity contribution is 0.0529. The molecular weight excluding hydrogens is 519 g/mol. The Morgan fingerprint density at radius 1 is 1.24 bits per heavy atom. The summed E-state index contributed by atoms with van der Waals surface area (Å²) in [6.07, 6.45) is 0.498. The number of ether oxygens (including phenoxy) is 1. The van der Waals surface area contributed by atoms with Crippen LogP contribution in [0.15, 0.2) is 20.9 Å². The summed E-state index contributed by atoms with van der Waals surface area (Å²) in [5, 5.41) is 9.09. The molecule has 0 aliphatic rings. The average Bonchev–Trinajstić information content (AvgIpc) is 2.87. The van der Waals surface area contributed by atoms with Gasteiger partial charge in [-0.15, -0.1) is 35.3 Å². The molecule has 0 radical (unpaired) electrons. The SMILES string of the molecule is CCNC(=NCCc1ccc(Br)s1)NCCNC(=O)OC(C)(C)C.I. The molecule has 1 heterocycles. The number of nitrogens with zero attached hydrogens (tertiary/aromatic N) is 1. The van der Waals surface area contributed by atoms with E-state index >= 15 is 0 Å². The maximum absolute atomic E-state index is 11.6. The lowest BCUT2D eigenvalue weighted by Crippen LogP contribution is -2.42. The van der Waals surface area contributed by atoms with Gasteiger partial charge in [-0.1, -0.05) is 0 Å². The number of amides is 1. The predicted octanol–water partition coefficient (Wildman–Crippen LogP) is 3.75. The zero-order valence-electron chi connectivity index (χ0n) is 15.1. The molecule has 6 nitrogen and oxygen atoms in total. The Bertz CT molecular complexity index is 546. The number of carbonyl (C=O) groups excluding carboxylic acids is 1. The van der Waals surface area contributed by atoms with Crippen LogP contribution in [-0.4, -0.2) is 43.8 Å². The zero-order valence-corrected chi connectivity index (χ0v) is 19.9. The van der Waals surface area contributed by atoms with E-state index in [0.717, 1.165) is 22.7 Å². The van der Waals surface area contributed by atoms with Gasteiger partial charge in [-0.25, -0.2) is 4.79 Å². The number of nitrogens with one attached hydrogen (secondary N) is 3. The van der Waals surface area contributed by atoms with Crippen molar-refractivity contribution in [3.05, 3.63) is 20.8 Å². The largest absolute Gasteiger partial charge is 0.444 e. The average molecular weight is 547 g/mol. The predicted molar refractivity (Wildman–Crippen MR) is 119 cm³/mol. The zero-order chi connectivity index (χ0) is 18.0. The van der Waals surface area contributed by atoms with Crippen LogP contribution in [-0.2, 0) is 11.2 Å². The van der Waals surface area contributed by atoms with Crippen LogP contribution in [0.5, 0.6) is 0 Å². The van der Waals surface area contributed by atoms with Crippen LogP contribution in [0.2, 0.25) is 0 Å². The monoisotopic (exact) mass is 546 g/mol. The van der Waals surface area contributed by atoms with Gasteiger partial charge in [0.05, 0.1) is 3.79 Å². The van der Waals surface area contributed by atoms with Crippen molar-refractivity contribution in [1.29, 1.82) is 0 Å². The summed E-state index contributed by atoms with van der Waals surface area (Å²) >= 11 is 5.19. The van der Waals surface area contributed by atoms with Crippen molar-refractivity contribution in [2.24, 2.45) is 4.99 Å².